The monoisotopic (exact) mass is 570 g/mol. The van der Waals surface area contributed by atoms with E-state index in [2.05, 4.69) is 48.5 Å². The van der Waals surface area contributed by atoms with Crippen LogP contribution in [-0.4, -0.2) is 30.9 Å². The first kappa shape index (κ1) is 31.0. The van der Waals surface area contributed by atoms with Crippen LogP contribution < -0.4 is 0 Å². The van der Waals surface area contributed by atoms with Crippen LogP contribution in [0.15, 0.2) is 0 Å². The second-order valence-electron chi connectivity index (χ2n) is 16.6. The van der Waals surface area contributed by atoms with Gasteiger partial charge in [0, 0.05) is 10.8 Å². The average Bonchev–Trinajstić information content (AvgIpc) is 3.30. The van der Waals surface area contributed by atoms with E-state index in [0.717, 1.165) is 25.7 Å². The first-order valence-electron chi connectivity index (χ1n) is 17.0. The molecule has 5 nitrogen and oxygen atoms in total. The Morgan fingerprint density at radius 1 is 0.805 bits per heavy atom. The van der Waals surface area contributed by atoms with E-state index >= 15 is 0 Å². The van der Waals surface area contributed by atoms with E-state index in [0.29, 0.717) is 42.1 Å². The summed E-state index contributed by atoms with van der Waals surface area (Å²) in [4.78, 5) is 37.3. The molecule has 0 aromatic carbocycles. The third-order valence-corrected chi connectivity index (χ3v) is 14.7. The van der Waals surface area contributed by atoms with Crippen LogP contribution in [0.5, 0.6) is 0 Å². The van der Waals surface area contributed by atoms with Crippen molar-refractivity contribution >= 4 is 18.2 Å². The number of ether oxygens (including phenoxy) is 2. The Kier molecular flexibility index (Phi) is 8.07. The molecule has 5 saturated carbocycles. The zero-order valence-corrected chi connectivity index (χ0v) is 27.4. The first-order valence-corrected chi connectivity index (χ1v) is 17.0. The van der Waals surface area contributed by atoms with Gasteiger partial charge in [-0.05, 0) is 123 Å². The number of rotatable bonds is 7. The average molecular weight is 571 g/mol. The topological polar surface area (TPSA) is 69.7 Å². The molecule has 41 heavy (non-hydrogen) atoms. The van der Waals surface area contributed by atoms with Gasteiger partial charge in [0.05, 0.1) is 19.4 Å². The normalized spacial score (nSPS) is 46.5. The molecule has 0 amide bonds. The van der Waals surface area contributed by atoms with Crippen LogP contribution in [0.25, 0.3) is 0 Å². The van der Waals surface area contributed by atoms with Crippen LogP contribution in [0.4, 0.5) is 0 Å². The number of fused-ring (bicyclic) bond motifs is 7. The van der Waals surface area contributed by atoms with Gasteiger partial charge in [-0.1, -0.05) is 48.5 Å². The van der Waals surface area contributed by atoms with Gasteiger partial charge in [0.2, 0.25) is 0 Å². The van der Waals surface area contributed by atoms with Crippen molar-refractivity contribution in [3.8, 4) is 0 Å². The Morgan fingerprint density at radius 2 is 1.51 bits per heavy atom. The van der Waals surface area contributed by atoms with Crippen molar-refractivity contribution in [2.45, 2.75) is 139 Å². The summed E-state index contributed by atoms with van der Waals surface area (Å²) in [6.07, 6.45) is 13.0. The third-order valence-electron chi connectivity index (χ3n) is 14.7. The fraction of sp³-hybridized carbons (Fsp3) is 0.917. The zero-order valence-electron chi connectivity index (χ0n) is 27.4. The van der Waals surface area contributed by atoms with E-state index in [4.69, 9.17) is 9.47 Å². The van der Waals surface area contributed by atoms with E-state index in [9.17, 15) is 14.4 Å². The Labute approximate surface area is 249 Å². The number of carbonyl (C=O) groups excluding carboxylic acids is 3. The van der Waals surface area contributed by atoms with Gasteiger partial charge in [0.15, 0.2) is 0 Å². The number of aldehydes is 1. The lowest BCUT2D eigenvalue weighted by atomic mass is 9.32. The molecule has 0 spiro atoms. The standard InChI is InChI=1S/C36H58O5/c1-9-40-29(38)12-13-30(39)41-28-16-17-33(6)26(32(28,4)5)15-18-35(8)27(33)11-10-25-31-24(23(2)3)14-19-36(31,22-37)21-20-34(25,35)7/h22-28,31H,9-21H2,1-8H3/t24-,25+,26-,27+,28-,31+,33-,34+,35+,36+/m0/s1. The number of carbonyl (C=O) groups is 3. The molecule has 0 heterocycles. The molecule has 0 aromatic heterocycles. The first-order chi connectivity index (χ1) is 19.2. The summed E-state index contributed by atoms with van der Waals surface area (Å²) in [6.45, 7) is 19.4. The predicted molar refractivity (Wildman–Crippen MR) is 161 cm³/mol. The molecule has 0 aromatic rings. The lowest BCUT2D eigenvalue weighted by Crippen LogP contribution is -2.67. The molecule has 10 atom stereocenters. The van der Waals surface area contributed by atoms with Gasteiger partial charge < -0.3 is 14.3 Å². The van der Waals surface area contributed by atoms with Gasteiger partial charge in [-0.2, -0.15) is 0 Å². The minimum Gasteiger partial charge on any atom is -0.466 e. The highest BCUT2D eigenvalue weighted by Crippen LogP contribution is 2.77. The smallest absolute Gasteiger partial charge is 0.306 e. The van der Waals surface area contributed by atoms with Crippen LogP contribution in [0, 0.1) is 62.6 Å². The second kappa shape index (κ2) is 10.7. The van der Waals surface area contributed by atoms with Gasteiger partial charge in [0.25, 0.3) is 0 Å². The van der Waals surface area contributed by atoms with Crippen LogP contribution in [-0.2, 0) is 23.9 Å². The van der Waals surface area contributed by atoms with Crippen molar-refractivity contribution in [2.24, 2.45) is 62.6 Å². The molecule has 0 bridgehead atoms. The SMILES string of the molecule is CCOC(=O)CCC(=O)O[C@H]1CC[C@]2(C)[C@H]3CC[C@@H]4[C@H]5[C@H](C(C)C)CC[C@]5(C=O)CC[C@@]4(C)[C@]3(C)CC[C@H]2C1(C)C. The second-order valence-corrected chi connectivity index (χ2v) is 16.6. The van der Waals surface area contributed by atoms with Gasteiger partial charge >= 0.3 is 11.9 Å². The Balaban J connectivity index is 1.37. The molecular formula is C36H58O5. The molecule has 0 unspecified atom stereocenters. The molecule has 5 fully saturated rings. The van der Waals surface area contributed by atoms with Crippen molar-refractivity contribution < 1.29 is 23.9 Å². The maximum Gasteiger partial charge on any atom is 0.306 e. The van der Waals surface area contributed by atoms with Crippen molar-refractivity contribution in [1.29, 1.82) is 0 Å². The molecular weight excluding hydrogens is 512 g/mol. The summed E-state index contributed by atoms with van der Waals surface area (Å²) < 4.78 is 11.1. The highest BCUT2D eigenvalue weighted by Gasteiger charge is 2.71. The summed E-state index contributed by atoms with van der Waals surface area (Å²) in [5, 5.41) is 0. The van der Waals surface area contributed by atoms with Crippen LogP contribution in [0.1, 0.15) is 132 Å². The lowest BCUT2D eigenvalue weighted by Gasteiger charge is -2.72. The quantitative estimate of drug-likeness (QED) is 0.228. The highest BCUT2D eigenvalue weighted by molar-refractivity contribution is 5.77. The molecule has 0 N–H and O–H groups in total. The Hall–Kier alpha value is -1.39. The summed E-state index contributed by atoms with van der Waals surface area (Å²) in [5.41, 5.74) is 0.545. The van der Waals surface area contributed by atoms with E-state index in [-0.39, 0.29) is 58.0 Å². The lowest BCUT2D eigenvalue weighted by molar-refractivity contribution is -0.249. The van der Waals surface area contributed by atoms with E-state index < -0.39 is 0 Å². The van der Waals surface area contributed by atoms with Crippen LogP contribution in [0.3, 0.4) is 0 Å². The number of hydrogen-bond donors (Lipinski definition) is 0. The largest absolute Gasteiger partial charge is 0.466 e. The van der Waals surface area contributed by atoms with Gasteiger partial charge in [0.1, 0.15) is 12.4 Å². The molecule has 5 aliphatic rings. The third kappa shape index (κ3) is 4.55. The van der Waals surface area contributed by atoms with Crippen LogP contribution in [0.2, 0.25) is 0 Å². The maximum absolute atomic E-state index is 12.8. The molecule has 0 aliphatic heterocycles. The maximum atomic E-state index is 12.8. The summed E-state index contributed by atoms with van der Waals surface area (Å²) in [7, 11) is 0. The Bertz CT molecular complexity index is 1030. The van der Waals surface area contributed by atoms with Gasteiger partial charge in [-0.25, -0.2) is 0 Å². The van der Waals surface area contributed by atoms with Gasteiger partial charge in [-0.3, -0.25) is 9.59 Å². The Morgan fingerprint density at radius 3 is 2.17 bits per heavy atom. The van der Waals surface area contributed by atoms with Crippen molar-refractivity contribution in [2.75, 3.05) is 6.61 Å². The minimum absolute atomic E-state index is 0.0827. The fourth-order valence-electron chi connectivity index (χ4n) is 12.5. The molecule has 232 valence electrons. The molecule has 5 heteroatoms. The van der Waals surface area contributed by atoms with Crippen molar-refractivity contribution in [3.63, 3.8) is 0 Å². The van der Waals surface area contributed by atoms with E-state index in [1.54, 1.807) is 6.92 Å². The minimum atomic E-state index is -0.332. The van der Waals surface area contributed by atoms with Crippen molar-refractivity contribution in [3.05, 3.63) is 0 Å². The van der Waals surface area contributed by atoms with Gasteiger partial charge in [-0.15, -0.1) is 0 Å². The van der Waals surface area contributed by atoms with E-state index in [1.165, 1.54) is 44.8 Å². The molecule has 0 radical (unpaired) electrons. The predicted octanol–water partition coefficient (Wildman–Crippen LogP) is 8.18. The summed E-state index contributed by atoms with van der Waals surface area (Å²) in [5.74, 6) is 3.04. The molecule has 5 aliphatic carbocycles. The van der Waals surface area contributed by atoms with E-state index in [1.807, 2.05) is 0 Å². The molecule has 0 saturated heterocycles. The highest BCUT2D eigenvalue weighted by atomic mass is 16.5. The number of esters is 2. The number of hydrogen-bond acceptors (Lipinski definition) is 5. The molecule has 5 rings (SSSR count). The van der Waals surface area contributed by atoms with Crippen LogP contribution >= 0.6 is 0 Å². The zero-order chi connectivity index (χ0) is 30.0. The summed E-state index contributed by atoms with van der Waals surface area (Å²) in [6, 6.07) is 0. The fourth-order valence-corrected chi connectivity index (χ4v) is 12.5. The van der Waals surface area contributed by atoms with Crippen molar-refractivity contribution in [1.82, 2.24) is 0 Å². The summed E-state index contributed by atoms with van der Waals surface area (Å²) >= 11 is 0.